The highest BCUT2D eigenvalue weighted by Gasteiger charge is 2.41. The molecular formula is C21H31ClN4O2. The number of piperazine rings is 2. The lowest BCUT2D eigenvalue weighted by atomic mass is 10.1. The quantitative estimate of drug-likeness (QED) is 0.747. The Kier molecular flexibility index (Phi) is 6.83. The van der Waals surface area contributed by atoms with Gasteiger partial charge in [-0.1, -0.05) is 18.2 Å². The number of rotatable bonds is 5. The molecule has 0 aliphatic carbocycles. The Hall–Kier alpha value is -1.79. The van der Waals surface area contributed by atoms with E-state index in [1.54, 1.807) is 9.80 Å². The number of hydrogen-bond donors (Lipinski definition) is 0. The largest absolute Gasteiger partial charge is 0.369 e. The van der Waals surface area contributed by atoms with Crippen molar-refractivity contribution in [1.82, 2.24) is 14.7 Å². The summed E-state index contributed by atoms with van der Waals surface area (Å²) < 4.78 is 0. The van der Waals surface area contributed by atoms with Gasteiger partial charge in [0.1, 0.15) is 6.04 Å². The number of para-hydroxylation sites is 1. The van der Waals surface area contributed by atoms with Crippen LogP contribution in [0.3, 0.4) is 0 Å². The van der Waals surface area contributed by atoms with E-state index >= 15 is 0 Å². The van der Waals surface area contributed by atoms with Crippen molar-refractivity contribution in [3.8, 4) is 0 Å². The van der Waals surface area contributed by atoms with Gasteiger partial charge < -0.3 is 14.7 Å². The highest BCUT2D eigenvalue weighted by atomic mass is 35.5. The zero-order chi connectivity index (χ0) is 18.8. The molecule has 3 saturated heterocycles. The predicted octanol–water partition coefficient (Wildman–Crippen LogP) is 1.76. The summed E-state index contributed by atoms with van der Waals surface area (Å²) in [4.78, 5) is 33.3. The van der Waals surface area contributed by atoms with Crippen LogP contribution in [0.1, 0.15) is 24.8 Å². The summed E-state index contributed by atoms with van der Waals surface area (Å²) in [6.07, 6.45) is 2.74. The fraction of sp³-hybridized carbons (Fsp3) is 0.619. The van der Waals surface area contributed by atoms with Gasteiger partial charge in [-0.15, -0.1) is 12.4 Å². The van der Waals surface area contributed by atoms with Crippen LogP contribution < -0.4 is 4.90 Å². The van der Waals surface area contributed by atoms with Gasteiger partial charge in [-0.25, -0.2) is 0 Å². The molecule has 1 aromatic rings. The van der Waals surface area contributed by atoms with Crippen molar-refractivity contribution in [1.29, 1.82) is 0 Å². The Balaban J connectivity index is 0.00000225. The average molecular weight is 407 g/mol. The minimum atomic E-state index is -0.177. The third kappa shape index (κ3) is 4.28. The predicted molar refractivity (Wildman–Crippen MR) is 113 cm³/mol. The molecule has 1 aromatic carbocycles. The first-order valence-corrected chi connectivity index (χ1v) is 10.2. The zero-order valence-corrected chi connectivity index (χ0v) is 17.5. The number of benzene rings is 1. The van der Waals surface area contributed by atoms with Crippen LogP contribution in [0.25, 0.3) is 0 Å². The van der Waals surface area contributed by atoms with Gasteiger partial charge in [0.05, 0.1) is 6.54 Å². The fourth-order valence-corrected chi connectivity index (χ4v) is 4.67. The summed E-state index contributed by atoms with van der Waals surface area (Å²) in [5, 5.41) is 0. The minimum absolute atomic E-state index is 0. The van der Waals surface area contributed by atoms with E-state index in [2.05, 4.69) is 41.0 Å². The number of carbonyl (C=O) groups is 2. The molecule has 0 bridgehead atoms. The monoisotopic (exact) mass is 406 g/mol. The second kappa shape index (κ2) is 9.14. The smallest absolute Gasteiger partial charge is 0.245 e. The molecule has 1 unspecified atom stereocenters. The first kappa shape index (κ1) is 20.9. The molecule has 0 radical (unpaired) electrons. The number of hydrogen-bond acceptors (Lipinski definition) is 4. The van der Waals surface area contributed by atoms with Gasteiger partial charge in [-0.2, -0.15) is 0 Å². The van der Waals surface area contributed by atoms with Crippen molar-refractivity contribution in [3.05, 3.63) is 29.8 Å². The molecule has 3 aliphatic rings. The molecule has 0 saturated carbocycles. The van der Waals surface area contributed by atoms with Crippen LogP contribution in [0.4, 0.5) is 5.69 Å². The topological polar surface area (TPSA) is 47.1 Å². The molecule has 154 valence electrons. The molecule has 6 nitrogen and oxygen atoms in total. The van der Waals surface area contributed by atoms with Crippen LogP contribution in [0.15, 0.2) is 24.3 Å². The molecule has 28 heavy (non-hydrogen) atoms. The second-order valence-corrected chi connectivity index (χ2v) is 7.97. The number of halogens is 1. The fourth-order valence-electron chi connectivity index (χ4n) is 4.67. The molecule has 3 heterocycles. The van der Waals surface area contributed by atoms with Gasteiger partial charge in [-0.3, -0.25) is 14.5 Å². The standard InChI is InChI=1S/C21H30N4O2.ClH/c1-17-6-2-3-7-18(17)23-14-12-22(13-15-23)9-5-10-24-16-20(26)25-11-4-8-19(25)21(24)27;/h2-3,6-7,19H,4-5,8-16H2,1H3;1H. The van der Waals surface area contributed by atoms with Gasteiger partial charge in [0, 0.05) is 45.0 Å². The van der Waals surface area contributed by atoms with E-state index < -0.39 is 0 Å². The van der Waals surface area contributed by atoms with Crippen molar-refractivity contribution in [2.45, 2.75) is 32.2 Å². The summed E-state index contributed by atoms with van der Waals surface area (Å²) in [6, 6.07) is 8.40. The average Bonchev–Trinajstić information content (AvgIpc) is 3.18. The number of fused-ring (bicyclic) bond motifs is 1. The first-order valence-electron chi connectivity index (χ1n) is 10.2. The van der Waals surface area contributed by atoms with Crippen LogP contribution in [0.5, 0.6) is 0 Å². The SMILES string of the molecule is Cc1ccccc1N1CCN(CCCN2CC(=O)N3CCCC3C2=O)CC1.Cl. The maximum absolute atomic E-state index is 12.6. The van der Waals surface area contributed by atoms with Crippen LogP contribution in [0, 0.1) is 6.92 Å². The zero-order valence-electron chi connectivity index (χ0n) is 16.7. The third-order valence-electron chi connectivity index (χ3n) is 6.23. The van der Waals surface area contributed by atoms with Crippen molar-refractivity contribution in [2.75, 3.05) is 57.3 Å². The molecule has 0 aromatic heterocycles. The van der Waals surface area contributed by atoms with Gasteiger partial charge in [0.25, 0.3) is 0 Å². The van der Waals surface area contributed by atoms with Crippen molar-refractivity contribution in [2.24, 2.45) is 0 Å². The van der Waals surface area contributed by atoms with E-state index in [0.29, 0.717) is 6.54 Å². The molecule has 3 fully saturated rings. The lowest BCUT2D eigenvalue weighted by Crippen LogP contribution is -2.57. The second-order valence-electron chi connectivity index (χ2n) is 7.97. The molecule has 3 aliphatic heterocycles. The molecule has 7 heteroatoms. The van der Waals surface area contributed by atoms with Crippen molar-refractivity contribution in [3.63, 3.8) is 0 Å². The molecule has 4 rings (SSSR count). The van der Waals surface area contributed by atoms with Gasteiger partial charge >= 0.3 is 0 Å². The molecule has 0 N–H and O–H groups in total. The number of anilines is 1. The minimum Gasteiger partial charge on any atom is -0.369 e. The summed E-state index contributed by atoms with van der Waals surface area (Å²) in [5.41, 5.74) is 2.68. The summed E-state index contributed by atoms with van der Waals surface area (Å²) >= 11 is 0. The molecule has 1 atom stereocenters. The normalized spacial score (nSPS) is 23.0. The van der Waals surface area contributed by atoms with Gasteiger partial charge in [0.15, 0.2) is 0 Å². The highest BCUT2D eigenvalue weighted by molar-refractivity contribution is 5.95. The Labute approximate surface area is 173 Å². The Morgan fingerprint density at radius 2 is 1.75 bits per heavy atom. The highest BCUT2D eigenvalue weighted by Crippen LogP contribution is 2.24. The van der Waals surface area contributed by atoms with E-state index in [-0.39, 0.29) is 36.8 Å². The van der Waals surface area contributed by atoms with Gasteiger partial charge in [-0.05, 0) is 44.4 Å². The third-order valence-corrected chi connectivity index (χ3v) is 6.23. The lowest BCUT2D eigenvalue weighted by molar-refractivity contribution is -0.153. The molecule has 2 amide bonds. The van der Waals surface area contributed by atoms with Crippen molar-refractivity contribution >= 4 is 29.9 Å². The first-order chi connectivity index (χ1) is 13.1. The van der Waals surface area contributed by atoms with E-state index in [1.807, 2.05) is 0 Å². The maximum atomic E-state index is 12.6. The van der Waals surface area contributed by atoms with E-state index in [4.69, 9.17) is 0 Å². The summed E-state index contributed by atoms with van der Waals surface area (Å²) in [6.45, 7) is 9.09. The summed E-state index contributed by atoms with van der Waals surface area (Å²) in [7, 11) is 0. The number of aryl methyl sites for hydroxylation is 1. The number of amides is 2. The lowest BCUT2D eigenvalue weighted by Gasteiger charge is -2.38. The van der Waals surface area contributed by atoms with E-state index in [1.165, 1.54) is 11.3 Å². The Bertz CT molecular complexity index is 705. The number of carbonyl (C=O) groups excluding carboxylic acids is 2. The molecule has 0 spiro atoms. The Morgan fingerprint density at radius 3 is 2.50 bits per heavy atom. The number of nitrogens with zero attached hydrogens (tertiary/aromatic N) is 4. The molecular weight excluding hydrogens is 376 g/mol. The maximum Gasteiger partial charge on any atom is 0.245 e. The van der Waals surface area contributed by atoms with Crippen LogP contribution in [-0.2, 0) is 9.59 Å². The van der Waals surface area contributed by atoms with Crippen LogP contribution >= 0.6 is 12.4 Å². The summed E-state index contributed by atoms with van der Waals surface area (Å²) in [5.74, 6) is 0.292. The van der Waals surface area contributed by atoms with Crippen LogP contribution in [-0.4, -0.2) is 84.9 Å². The van der Waals surface area contributed by atoms with Crippen LogP contribution in [0.2, 0.25) is 0 Å². The van der Waals surface area contributed by atoms with Gasteiger partial charge in [0.2, 0.25) is 11.8 Å². The Morgan fingerprint density at radius 1 is 1.00 bits per heavy atom. The van der Waals surface area contributed by atoms with E-state index in [9.17, 15) is 9.59 Å². The van der Waals surface area contributed by atoms with E-state index in [0.717, 1.165) is 58.5 Å². The van der Waals surface area contributed by atoms with Crippen molar-refractivity contribution < 1.29 is 9.59 Å².